The lowest BCUT2D eigenvalue weighted by molar-refractivity contribution is -0.145. The zero-order valence-corrected chi connectivity index (χ0v) is 10.6. The normalized spacial score (nSPS) is 17.3. The molecule has 1 aliphatic carbocycles. The van der Waals surface area contributed by atoms with Gasteiger partial charge >= 0.3 is 6.18 Å². The van der Waals surface area contributed by atoms with Gasteiger partial charge in [0, 0.05) is 13.1 Å². The summed E-state index contributed by atoms with van der Waals surface area (Å²) in [5, 5.41) is 2.59. The standard InChI is InChI=1S/C12H16F3N3O/c1-16-9-7-10(18-11(17-9)12(13,14)15)19-8-5-3-2-4-6-8/h7-8H,2-6H2,1H3,(H,16,17,18). The summed E-state index contributed by atoms with van der Waals surface area (Å²) in [5.74, 6) is -1.09. The number of aromatic nitrogens is 2. The SMILES string of the molecule is CNc1cc(OC2CCCCC2)nc(C(F)(F)F)n1. The van der Waals surface area contributed by atoms with E-state index in [2.05, 4.69) is 15.3 Å². The Morgan fingerprint density at radius 3 is 2.47 bits per heavy atom. The lowest BCUT2D eigenvalue weighted by Crippen LogP contribution is -2.21. The fourth-order valence-electron chi connectivity index (χ4n) is 2.09. The van der Waals surface area contributed by atoms with Gasteiger partial charge in [0.15, 0.2) is 0 Å². The van der Waals surface area contributed by atoms with Crippen molar-refractivity contribution in [3.63, 3.8) is 0 Å². The van der Waals surface area contributed by atoms with E-state index in [1.807, 2.05) is 0 Å². The van der Waals surface area contributed by atoms with Crippen molar-refractivity contribution in [2.75, 3.05) is 12.4 Å². The highest BCUT2D eigenvalue weighted by Gasteiger charge is 2.35. The van der Waals surface area contributed by atoms with E-state index in [4.69, 9.17) is 4.74 Å². The van der Waals surface area contributed by atoms with E-state index in [1.54, 1.807) is 0 Å². The van der Waals surface area contributed by atoms with Crippen LogP contribution >= 0.6 is 0 Å². The van der Waals surface area contributed by atoms with Crippen molar-refractivity contribution in [1.29, 1.82) is 0 Å². The molecule has 1 aromatic rings. The van der Waals surface area contributed by atoms with Crippen LogP contribution in [0.2, 0.25) is 0 Å². The molecule has 0 unspecified atom stereocenters. The molecule has 1 saturated carbocycles. The van der Waals surface area contributed by atoms with E-state index in [9.17, 15) is 13.2 Å². The van der Waals surface area contributed by atoms with Gasteiger partial charge in [0.2, 0.25) is 11.7 Å². The van der Waals surface area contributed by atoms with Gasteiger partial charge in [-0.05, 0) is 25.7 Å². The second-order valence-electron chi connectivity index (χ2n) is 4.54. The van der Waals surface area contributed by atoms with Gasteiger partial charge in [0.1, 0.15) is 11.9 Å². The van der Waals surface area contributed by atoms with Crippen molar-refractivity contribution in [2.24, 2.45) is 0 Å². The maximum absolute atomic E-state index is 12.7. The Balaban J connectivity index is 2.19. The topological polar surface area (TPSA) is 47.0 Å². The summed E-state index contributed by atoms with van der Waals surface area (Å²) >= 11 is 0. The van der Waals surface area contributed by atoms with Crippen LogP contribution in [0.3, 0.4) is 0 Å². The highest BCUT2D eigenvalue weighted by molar-refractivity contribution is 5.38. The van der Waals surface area contributed by atoms with Gasteiger partial charge in [-0.2, -0.15) is 18.2 Å². The zero-order chi connectivity index (χ0) is 13.9. The van der Waals surface area contributed by atoms with E-state index in [1.165, 1.54) is 13.1 Å². The highest BCUT2D eigenvalue weighted by Crippen LogP contribution is 2.30. The first-order valence-electron chi connectivity index (χ1n) is 6.30. The maximum atomic E-state index is 12.7. The minimum Gasteiger partial charge on any atom is -0.474 e. The lowest BCUT2D eigenvalue weighted by atomic mass is 9.98. The molecule has 1 N–H and O–H groups in total. The summed E-state index contributed by atoms with van der Waals surface area (Å²) in [4.78, 5) is 6.84. The molecule has 0 saturated heterocycles. The zero-order valence-electron chi connectivity index (χ0n) is 10.6. The molecule has 0 atom stereocenters. The third-order valence-electron chi connectivity index (χ3n) is 3.05. The summed E-state index contributed by atoms with van der Waals surface area (Å²) < 4.78 is 43.5. The van der Waals surface area contributed by atoms with Crippen LogP contribution in [0.5, 0.6) is 5.88 Å². The quantitative estimate of drug-likeness (QED) is 0.919. The average molecular weight is 275 g/mol. The molecule has 0 aliphatic heterocycles. The van der Waals surface area contributed by atoms with Crippen LogP contribution in [0, 0.1) is 0 Å². The summed E-state index contributed by atoms with van der Waals surface area (Å²) in [6.07, 6.45) is 0.341. The van der Waals surface area contributed by atoms with Gasteiger partial charge in [-0.15, -0.1) is 0 Å². The van der Waals surface area contributed by atoms with E-state index in [0.29, 0.717) is 0 Å². The number of hydrogen-bond acceptors (Lipinski definition) is 4. The third kappa shape index (κ3) is 3.71. The van der Waals surface area contributed by atoms with Crippen LogP contribution in [0.4, 0.5) is 19.0 Å². The van der Waals surface area contributed by atoms with Crippen LogP contribution in [-0.2, 0) is 6.18 Å². The first kappa shape index (κ1) is 13.9. The smallest absolute Gasteiger partial charge is 0.451 e. The molecule has 0 radical (unpaired) electrons. The Hall–Kier alpha value is -1.53. The number of rotatable bonds is 3. The molecule has 0 spiro atoms. The molecule has 7 heteroatoms. The second kappa shape index (κ2) is 5.63. The number of nitrogens with one attached hydrogen (secondary N) is 1. The van der Waals surface area contributed by atoms with Gasteiger partial charge in [-0.3, -0.25) is 0 Å². The summed E-state index contributed by atoms with van der Waals surface area (Å²) in [6, 6.07) is 1.39. The summed E-state index contributed by atoms with van der Waals surface area (Å²) in [6.45, 7) is 0. The van der Waals surface area contributed by atoms with Crippen LogP contribution in [-0.4, -0.2) is 23.1 Å². The molecular weight excluding hydrogens is 259 g/mol. The molecule has 2 rings (SSSR count). The molecule has 4 nitrogen and oxygen atoms in total. The minimum absolute atomic E-state index is 0.0152. The Labute approximate surface area is 109 Å². The molecule has 1 heterocycles. The molecule has 0 amide bonds. The van der Waals surface area contributed by atoms with Crippen molar-refractivity contribution >= 4 is 5.82 Å². The van der Waals surface area contributed by atoms with Crippen molar-refractivity contribution in [1.82, 2.24) is 9.97 Å². The average Bonchev–Trinajstić information content (AvgIpc) is 2.38. The molecule has 1 aromatic heterocycles. The highest BCUT2D eigenvalue weighted by atomic mass is 19.4. The molecule has 19 heavy (non-hydrogen) atoms. The van der Waals surface area contributed by atoms with E-state index in [0.717, 1.165) is 32.1 Å². The predicted octanol–water partition coefficient (Wildman–Crippen LogP) is 3.25. The van der Waals surface area contributed by atoms with Crippen molar-refractivity contribution in [3.8, 4) is 5.88 Å². The summed E-state index contributed by atoms with van der Waals surface area (Å²) in [5.41, 5.74) is 0. The number of hydrogen-bond donors (Lipinski definition) is 1. The number of ether oxygens (including phenoxy) is 1. The third-order valence-corrected chi connectivity index (χ3v) is 3.05. The largest absolute Gasteiger partial charge is 0.474 e. The molecular formula is C12H16F3N3O. The van der Waals surface area contributed by atoms with Crippen molar-refractivity contribution in [3.05, 3.63) is 11.9 Å². The Bertz CT molecular complexity index is 431. The molecule has 1 fully saturated rings. The van der Waals surface area contributed by atoms with E-state index >= 15 is 0 Å². The fraction of sp³-hybridized carbons (Fsp3) is 0.667. The first-order chi connectivity index (χ1) is 8.99. The number of halogens is 3. The minimum atomic E-state index is -4.57. The van der Waals surface area contributed by atoms with Crippen LogP contribution < -0.4 is 10.1 Å². The number of alkyl halides is 3. The first-order valence-corrected chi connectivity index (χ1v) is 6.30. The van der Waals surface area contributed by atoms with Crippen molar-refractivity contribution in [2.45, 2.75) is 44.4 Å². The summed E-state index contributed by atoms with van der Waals surface area (Å²) in [7, 11) is 1.51. The van der Waals surface area contributed by atoms with Crippen LogP contribution in [0.15, 0.2) is 6.07 Å². The van der Waals surface area contributed by atoms with Gasteiger partial charge in [0.25, 0.3) is 0 Å². The Kier molecular flexibility index (Phi) is 4.11. The van der Waals surface area contributed by atoms with Gasteiger partial charge in [-0.1, -0.05) is 6.42 Å². The van der Waals surface area contributed by atoms with Gasteiger partial charge in [0.05, 0.1) is 0 Å². The van der Waals surface area contributed by atoms with E-state index in [-0.39, 0.29) is 17.8 Å². The van der Waals surface area contributed by atoms with Gasteiger partial charge < -0.3 is 10.1 Å². The monoisotopic (exact) mass is 275 g/mol. The lowest BCUT2D eigenvalue weighted by Gasteiger charge is -2.22. The molecule has 1 aliphatic rings. The number of anilines is 1. The molecule has 0 aromatic carbocycles. The van der Waals surface area contributed by atoms with Crippen LogP contribution in [0.25, 0.3) is 0 Å². The van der Waals surface area contributed by atoms with Crippen molar-refractivity contribution < 1.29 is 17.9 Å². The molecule has 0 bridgehead atoms. The molecule has 106 valence electrons. The fourth-order valence-corrected chi connectivity index (χ4v) is 2.09. The van der Waals surface area contributed by atoms with E-state index < -0.39 is 12.0 Å². The van der Waals surface area contributed by atoms with Gasteiger partial charge in [-0.25, -0.2) is 4.98 Å². The maximum Gasteiger partial charge on any atom is 0.451 e. The predicted molar refractivity (Wildman–Crippen MR) is 64.1 cm³/mol. The number of nitrogens with zero attached hydrogens (tertiary/aromatic N) is 2. The van der Waals surface area contributed by atoms with Crippen LogP contribution in [0.1, 0.15) is 37.9 Å². The Morgan fingerprint density at radius 1 is 1.21 bits per heavy atom. The second-order valence-corrected chi connectivity index (χ2v) is 4.54. The Morgan fingerprint density at radius 2 is 1.89 bits per heavy atom.